The van der Waals surface area contributed by atoms with Crippen LogP contribution in [-0.2, 0) is 19.6 Å². The molecule has 2 heterocycles. The maximum absolute atomic E-state index is 4.61. The van der Waals surface area contributed by atoms with Crippen LogP contribution in [0, 0.1) is 0 Å². The Hall–Kier alpha value is -1.39. The van der Waals surface area contributed by atoms with Gasteiger partial charge in [-0.05, 0) is 37.1 Å². The van der Waals surface area contributed by atoms with Gasteiger partial charge < -0.3 is 15.5 Å². The Morgan fingerprint density at radius 1 is 1.07 bits per heavy atom. The number of nitrogens with zero attached hydrogens (tertiary/aromatic N) is 4. The van der Waals surface area contributed by atoms with Crippen molar-refractivity contribution in [1.29, 1.82) is 0 Å². The van der Waals surface area contributed by atoms with Gasteiger partial charge in [0.2, 0.25) is 0 Å². The normalized spacial score (nSPS) is 15.2. The summed E-state index contributed by atoms with van der Waals surface area (Å²) in [7, 11) is 5.84. The van der Waals surface area contributed by atoms with Crippen molar-refractivity contribution < 1.29 is 0 Å². The number of halogens is 1. The zero-order chi connectivity index (χ0) is 20.5. The van der Waals surface area contributed by atoms with Gasteiger partial charge >= 0.3 is 0 Å². The number of likely N-dealkylation sites (tertiary alicyclic amines) is 1. The largest absolute Gasteiger partial charge is 0.354 e. The van der Waals surface area contributed by atoms with Crippen molar-refractivity contribution >= 4 is 46.4 Å². The first-order chi connectivity index (χ1) is 14.2. The SMILES string of the molecule is CN=C(NCc1csc(N(C)C)n1)NCc1ccccc1CN1CCCCCC1.I. The first-order valence-electron chi connectivity index (χ1n) is 10.5. The Morgan fingerprint density at radius 3 is 2.37 bits per heavy atom. The third-order valence-electron chi connectivity index (χ3n) is 5.24. The molecule has 3 rings (SSSR count). The maximum atomic E-state index is 4.61. The van der Waals surface area contributed by atoms with Crippen molar-refractivity contribution in [1.82, 2.24) is 20.5 Å². The summed E-state index contributed by atoms with van der Waals surface area (Å²) in [5, 5.41) is 9.94. The van der Waals surface area contributed by atoms with E-state index >= 15 is 0 Å². The van der Waals surface area contributed by atoms with E-state index in [9.17, 15) is 0 Å². The highest BCUT2D eigenvalue weighted by Gasteiger charge is 2.12. The van der Waals surface area contributed by atoms with Crippen LogP contribution in [0.25, 0.3) is 0 Å². The summed E-state index contributed by atoms with van der Waals surface area (Å²) in [5.41, 5.74) is 3.78. The molecule has 1 aromatic heterocycles. The number of thiazole rings is 1. The summed E-state index contributed by atoms with van der Waals surface area (Å²) in [6, 6.07) is 8.75. The Bertz CT molecular complexity index is 783. The number of rotatable bonds is 7. The van der Waals surface area contributed by atoms with Crippen LogP contribution in [0.2, 0.25) is 0 Å². The van der Waals surface area contributed by atoms with Gasteiger partial charge in [0.15, 0.2) is 11.1 Å². The fourth-order valence-corrected chi connectivity index (χ4v) is 4.33. The zero-order valence-corrected chi connectivity index (χ0v) is 21.5. The number of aliphatic imine (C=N–C) groups is 1. The van der Waals surface area contributed by atoms with E-state index in [0.29, 0.717) is 6.54 Å². The molecule has 0 aliphatic carbocycles. The van der Waals surface area contributed by atoms with Gasteiger partial charge in [-0.1, -0.05) is 37.1 Å². The first kappa shape index (κ1) is 24.9. The smallest absolute Gasteiger partial charge is 0.191 e. The molecule has 1 aliphatic heterocycles. The van der Waals surface area contributed by atoms with Gasteiger partial charge in [0.1, 0.15) is 0 Å². The highest BCUT2D eigenvalue weighted by atomic mass is 127. The number of hydrogen-bond acceptors (Lipinski definition) is 5. The lowest BCUT2D eigenvalue weighted by Crippen LogP contribution is -2.36. The highest BCUT2D eigenvalue weighted by molar-refractivity contribution is 14.0. The molecule has 2 aromatic rings. The summed E-state index contributed by atoms with van der Waals surface area (Å²) in [6.45, 7) is 4.90. The minimum absolute atomic E-state index is 0. The van der Waals surface area contributed by atoms with Crippen LogP contribution in [-0.4, -0.2) is 50.1 Å². The van der Waals surface area contributed by atoms with Gasteiger partial charge in [-0.3, -0.25) is 9.89 Å². The van der Waals surface area contributed by atoms with E-state index in [0.717, 1.165) is 29.9 Å². The molecule has 0 spiro atoms. The van der Waals surface area contributed by atoms with E-state index in [2.05, 4.69) is 55.2 Å². The van der Waals surface area contributed by atoms with Gasteiger partial charge in [-0.25, -0.2) is 4.98 Å². The van der Waals surface area contributed by atoms with Crippen molar-refractivity contribution in [3.63, 3.8) is 0 Å². The standard InChI is InChI=1S/C22H34N6S.HI/c1-23-21(25-15-20-17-29-22(26-20)27(2)3)24-14-18-10-6-7-11-19(18)16-28-12-8-4-5-9-13-28;/h6-7,10-11,17H,4-5,8-9,12-16H2,1-3H3,(H2,23,24,25);1H. The van der Waals surface area contributed by atoms with Gasteiger partial charge in [0.05, 0.1) is 12.2 Å². The van der Waals surface area contributed by atoms with Gasteiger partial charge in [0, 0.05) is 39.6 Å². The minimum Gasteiger partial charge on any atom is -0.354 e. The lowest BCUT2D eigenvalue weighted by atomic mass is 10.1. The highest BCUT2D eigenvalue weighted by Crippen LogP contribution is 2.18. The summed E-state index contributed by atoms with van der Waals surface area (Å²) >= 11 is 1.66. The lowest BCUT2D eigenvalue weighted by Gasteiger charge is -2.22. The predicted octanol–water partition coefficient (Wildman–Crippen LogP) is 4.07. The number of aromatic nitrogens is 1. The first-order valence-corrected chi connectivity index (χ1v) is 11.4. The molecule has 1 aromatic carbocycles. The molecule has 166 valence electrons. The zero-order valence-electron chi connectivity index (χ0n) is 18.4. The van der Waals surface area contributed by atoms with Crippen molar-refractivity contribution in [2.24, 2.45) is 4.99 Å². The third-order valence-corrected chi connectivity index (χ3v) is 6.30. The molecule has 8 heteroatoms. The van der Waals surface area contributed by atoms with E-state index in [4.69, 9.17) is 0 Å². The fraction of sp³-hybridized carbons (Fsp3) is 0.545. The van der Waals surface area contributed by atoms with E-state index in [1.165, 1.54) is 49.9 Å². The number of anilines is 1. The quantitative estimate of drug-likeness (QED) is 0.314. The van der Waals surface area contributed by atoms with Crippen molar-refractivity contribution in [3.05, 3.63) is 46.5 Å². The van der Waals surface area contributed by atoms with Crippen LogP contribution in [0.1, 0.15) is 42.5 Å². The molecule has 0 bridgehead atoms. The summed E-state index contributed by atoms with van der Waals surface area (Å²) in [4.78, 5) is 13.6. The van der Waals surface area contributed by atoms with Crippen LogP contribution in [0.5, 0.6) is 0 Å². The topological polar surface area (TPSA) is 55.8 Å². The van der Waals surface area contributed by atoms with Crippen molar-refractivity contribution in [3.8, 4) is 0 Å². The molecular weight excluding hydrogens is 507 g/mol. The molecule has 1 fully saturated rings. The number of guanidine groups is 1. The van der Waals surface area contributed by atoms with Crippen molar-refractivity contribution in [2.45, 2.75) is 45.3 Å². The number of hydrogen-bond donors (Lipinski definition) is 2. The molecule has 0 unspecified atom stereocenters. The molecule has 0 amide bonds. The van der Waals surface area contributed by atoms with E-state index < -0.39 is 0 Å². The van der Waals surface area contributed by atoms with Crippen molar-refractivity contribution in [2.75, 3.05) is 39.1 Å². The lowest BCUT2D eigenvalue weighted by molar-refractivity contribution is 0.276. The summed E-state index contributed by atoms with van der Waals surface area (Å²) in [5.74, 6) is 0.800. The second-order valence-electron chi connectivity index (χ2n) is 7.75. The fourth-order valence-electron chi connectivity index (χ4n) is 3.58. The van der Waals surface area contributed by atoms with Gasteiger partial charge in [-0.15, -0.1) is 35.3 Å². The molecular formula is C22H35IN6S. The monoisotopic (exact) mass is 542 g/mol. The molecule has 6 nitrogen and oxygen atoms in total. The molecule has 0 radical (unpaired) electrons. The molecule has 1 saturated heterocycles. The molecule has 0 atom stereocenters. The van der Waals surface area contributed by atoms with E-state index in [1.54, 1.807) is 11.3 Å². The van der Waals surface area contributed by atoms with Gasteiger partial charge in [-0.2, -0.15) is 0 Å². The van der Waals surface area contributed by atoms with Crippen LogP contribution < -0.4 is 15.5 Å². The maximum Gasteiger partial charge on any atom is 0.191 e. The number of benzene rings is 1. The summed E-state index contributed by atoms with van der Waals surface area (Å²) < 4.78 is 0. The Balaban J connectivity index is 0.00000320. The third kappa shape index (κ3) is 7.70. The second-order valence-corrected chi connectivity index (χ2v) is 8.59. The molecule has 0 saturated carbocycles. The van der Waals surface area contributed by atoms with Crippen LogP contribution in [0.4, 0.5) is 5.13 Å². The van der Waals surface area contributed by atoms with Crippen LogP contribution >= 0.6 is 35.3 Å². The molecule has 1 aliphatic rings. The van der Waals surface area contributed by atoms with E-state index in [1.807, 2.05) is 26.0 Å². The average molecular weight is 543 g/mol. The van der Waals surface area contributed by atoms with E-state index in [-0.39, 0.29) is 24.0 Å². The van der Waals surface area contributed by atoms with Gasteiger partial charge in [0.25, 0.3) is 0 Å². The second kappa shape index (κ2) is 13.1. The van der Waals surface area contributed by atoms with Crippen LogP contribution in [0.3, 0.4) is 0 Å². The number of nitrogens with one attached hydrogen (secondary N) is 2. The summed E-state index contributed by atoms with van der Waals surface area (Å²) in [6.07, 6.45) is 5.39. The Labute approximate surface area is 202 Å². The minimum atomic E-state index is 0. The molecule has 2 N–H and O–H groups in total. The Kier molecular flexibility index (Phi) is 10.9. The van der Waals surface area contributed by atoms with Crippen LogP contribution in [0.15, 0.2) is 34.6 Å². The molecule has 30 heavy (non-hydrogen) atoms. The Morgan fingerprint density at radius 2 is 1.73 bits per heavy atom. The predicted molar refractivity (Wildman–Crippen MR) is 139 cm³/mol. The average Bonchev–Trinajstić information content (AvgIpc) is 3.06.